The highest BCUT2D eigenvalue weighted by Gasteiger charge is 2.30. The summed E-state index contributed by atoms with van der Waals surface area (Å²) in [5.41, 5.74) is 4.01. The van der Waals surface area contributed by atoms with Crippen LogP contribution in [0, 0.1) is 11.6 Å². The van der Waals surface area contributed by atoms with Gasteiger partial charge in [0.2, 0.25) is 5.91 Å². The first kappa shape index (κ1) is 17.2. The number of amides is 1. The van der Waals surface area contributed by atoms with E-state index in [2.05, 4.69) is 0 Å². The zero-order valence-corrected chi connectivity index (χ0v) is 14.5. The van der Waals surface area contributed by atoms with E-state index in [0.717, 1.165) is 28.1 Å². The van der Waals surface area contributed by atoms with Gasteiger partial charge in [0.05, 0.1) is 0 Å². The van der Waals surface area contributed by atoms with Crippen molar-refractivity contribution in [2.45, 2.75) is 12.8 Å². The van der Waals surface area contributed by atoms with Crippen molar-refractivity contribution in [3.05, 3.63) is 107 Å². The highest BCUT2D eigenvalue weighted by molar-refractivity contribution is 6.03. The number of benzene rings is 3. The molecule has 0 saturated carbocycles. The van der Waals surface area contributed by atoms with Crippen molar-refractivity contribution < 1.29 is 13.6 Å². The third-order valence-corrected chi connectivity index (χ3v) is 4.66. The maximum atomic E-state index is 13.5. The molecule has 0 bridgehead atoms. The van der Waals surface area contributed by atoms with Crippen molar-refractivity contribution >= 4 is 17.2 Å². The molecule has 0 N–H and O–H groups in total. The average molecular weight is 361 g/mol. The van der Waals surface area contributed by atoms with Crippen LogP contribution in [0.15, 0.2) is 84.6 Å². The molecule has 4 heteroatoms. The van der Waals surface area contributed by atoms with Gasteiger partial charge in [-0.1, -0.05) is 42.5 Å². The highest BCUT2D eigenvalue weighted by Crippen LogP contribution is 2.38. The fraction of sp³-hybridized carbons (Fsp3) is 0.0870. The van der Waals surface area contributed by atoms with E-state index < -0.39 is 0 Å². The third-order valence-electron chi connectivity index (χ3n) is 4.66. The summed E-state index contributed by atoms with van der Waals surface area (Å²) in [5, 5.41) is 0. The second kappa shape index (κ2) is 7.16. The number of halogens is 2. The molecule has 2 nitrogen and oxygen atoms in total. The van der Waals surface area contributed by atoms with Gasteiger partial charge >= 0.3 is 0 Å². The van der Waals surface area contributed by atoms with Gasteiger partial charge in [0.1, 0.15) is 11.6 Å². The highest BCUT2D eigenvalue weighted by atomic mass is 19.1. The summed E-state index contributed by atoms with van der Waals surface area (Å²) in [6.07, 6.45) is 0.966. The van der Waals surface area contributed by atoms with Crippen LogP contribution < -0.4 is 4.90 Å². The molecule has 0 unspecified atom stereocenters. The van der Waals surface area contributed by atoms with Crippen molar-refractivity contribution in [3.63, 3.8) is 0 Å². The van der Waals surface area contributed by atoms with E-state index in [4.69, 9.17) is 0 Å². The third kappa shape index (κ3) is 3.38. The van der Waals surface area contributed by atoms with Gasteiger partial charge in [0.25, 0.3) is 0 Å². The maximum Gasteiger partial charge on any atom is 0.231 e. The van der Waals surface area contributed by atoms with E-state index in [1.165, 1.54) is 24.3 Å². The number of hydrogen-bond donors (Lipinski definition) is 0. The Balaban J connectivity index is 1.94. The van der Waals surface area contributed by atoms with Crippen LogP contribution >= 0.6 is 0 Å². The molecule has 134 valence electrons. The molecule has 1 amide bonds. The molecule has 1 heterocycles. The Labute approximate surface area is 156 Å². The zero-order chi connectivity index (χ0) is 18.8. The molecular weight excluding hydrogens is 344 g/mol. The van der Waals surface area contributed by atoms with E-state index in [1.807, 2.05) is 30.3 Å². The summed E-state index contributed by atoms with van der Waals surface area (Å²) in [5.74, 6) is -0.646. The SMILES string of the molecule is O=C1CCC(=C(c2ccc(F)cc2)c2ccc(F)cc2)N1c1ccccc1. The lowest BCUT2D eigenvalue weighted by Crippen LogP contribution is -2.23. The molecule has 0 aliphatic carbocycles. The smallest absolute Gasteiger partial charge is 0.231 e. The summed E-state index contributed by atoms with van der Waals surface area (Å²) in [6.45, 7) is 0. The maximum absolute atomic E-state index is 13.5. The van der Waals surface area contributed by atoms with Crippen LogP contribution in [0.25, 0.3) is 5.57 Å². The predicted octanol–water partition coefficient (Wildman–Crippen LogP) is 5.55. The van der Waals surface area contributed by atoms with Crippen molar-refractivity contribution in [3.8, 4) is 0 Å². The summed E-state index contributed by atoms with van der Waals surface area (Å²) in [7, 11) is 0. The normalized spacial score (nSPS) is 13.9. The van der Waals surface area contributed by atoms with Crippen LogP contribution in [0.5, 0.6) is 0 Å². The molecule has 1 aliphatic heterocycles. The van der Waals surface area contributed by atoms with Crippen molar-refractivity contribution in [1.82, 2.24) is 0 Å². The fourth-order valence-electron chi connectivity index (χ4n) is 3.45. The number of hydrogen-bond acceptors (Lipinski definition) is 1. The lowest BCUT2D eigenvalue weighted by atomic mass is 9.94. The zero-order valence-electron chi connectivity index (χ0n) is 14.5. The molecule has 27 heavy (non-hydrogen) atoms. The Bertz CT molecular complexity index is 945. The number of anilines is 1. The Morgan fingerprint density at radius 3 is 1.74 bits per heavy atom. The Hall–Kier alpha value is -3.27. The van der Waals surface area contributed by atoms with E-state index >= 15 is 0 Å². The van der Waals surface area contributed by atoms with Gasteiger partial charge in [-0.3, -0.25) is 9.69 Å². The van der Waals surface area contributed by atoms with Gasteiger partial charge in [-0.25, -0.2) is 8.78 Å². The first-order valence-electron chi connectivity index (χ1n) is 8.76. The number of carbonyl (C=O) groups excluding carboxylic acids is 1. The molecule has 0 atom stereocenters. The van der Waals surface area contributed by atoms with Gasteiger partial charge in [0, 0.05) is 23.4 Å². The average Bonchev–Trinajstić information content (AvgIpc) is 3.07. The molecule has 1 fully saturated rings. The molecule has 4 rings (SSSR count). The van der Waals surface area contributed by atoms with Crippen LogP contribution in [0.1, 0.15) is 24.0 Å². The molecule has 0 radical (unpaired) electrons. The molecule has 0 aromatic heterocycles. The Kier molecular flexibility index (Phi) is 4.55. The number of rotatable bonds is 3. The van der Waals surface area contributed by atoms with Crippen molar-refractivity contribution in [2.24, 2.45) is 0 Å². The molecule has 1 aliphatic rings. The largest absolute Gasteiger partial charge is 0.284 e. The minimum atomic E-state index is -0.329. The van der Waals surface area contributed by atoms with Crippen LogP contribution in [-0.4, -0.2) is 5.91 Å². The van der Waals surface area contributed by atoms with Crippen LogP contribution in [0.4, 0.5) is 14.5 Å². The van der Waals surface area contributed by atoms with E-state index in [1.54, 1.807) is 29.2 Å². The van der Waals surface area contributed by atoms with E-state index in [0.29, 0.717) is 12.8 Å². The van der Waals surface area contributed by atoms with E-state index in [9.17, 15) is 13.6 Å². The summed E-state index contributed by atoms with van der Waals surface area (Å²) in [6, 6.07) is 21.8. The number of allylic oxidation sites excluding steroid dienone is 1. The number of carbonyl (C=O) groups is 1. The molecule has 3 aromatic carbocycles. The lowest BCUT2D eigenvalue weighted by Gasteiger charge is -2.22. The van der Waals surface area contributed by atoms with Gasteiger partial charge in [0.15, 0.2) is 0 Å². The monoisotopic (exact) mass is 361 g/mol. The minimum absolute atomic E-state index is 0.0120. The number of para-hydroxylation sites is 1. The standard InChI is InChI=1S/C23H17F2NO/c24-18-10-6-16(7-11-18)23(17-8-12-19(25)13-9-17)21-14-15-22(27)26(21)20-4-2-1-3-5-20/h1-13H,14-15H2. The predicted molar refractivity (Wildman–Crippen MR) is 102 cm³/mol. The minimum Gasteiger partial charge on any atom is -0.284 e. The van der Waals surface area contributed by atoms with Crippen molar-refractivity contribution in [2.75, 3.05) is 4.90 Å². The molecular formula is C23H17F2NO. The van der Waals surface area contributed by atoms with E-state index in [-0.39, 0.29) is 17.5 Å². The number of nitrogens with zero attached hydrogens (tertiary/aromatic N) is 1. The lowest BCUT2D eigenvalue weighted by molar-refractivity contribution is -0.116. The van der Waals surface area contributed by atoms with Gasteiger partial charge in [-0.15, -0.1) is 0 Å². The van der Waals surface area contributed by atoms with Crippen LogP contribution in [0.3, 0.4) is 0 Å². The summed E-state index contributed by atoms with van der Waals surface area (Å²) < 4.78 is 26.9. The topological polar surface area (TPSA) is 20.3 Å². The van der Waals surface area contributed by atoms with Crippen LogP contribution in [0.2, 0.25) is 0 Å². The summed E-state index contributed by atoms with van der Waals surface area (Å²) >= 11 is 0. The first-order valence-corrected chi connectivity index (χ1v) is 8.76. The second-order valence-electron chi connectivity index (χ2n) is 6.40. The Morgan fingerprint density at radius 2 is 1.22 bits per heavy atom. The quantitative estimate of drug-likeness (QED) is 0.599. The van der Waals surface area contributed by atoms with Crippen LogP contribution in [-0.2, 0) is 4.79 Å². The van der Waals surface area contributed by atoms with Gasteiger partial charge in [-0.05, 0) is 53.9 Å². The first-order chi connectivity index (χ1) is 13.1. The second-order valence-corrected chi connectivity index (χ2v) is 6.40. The van der Waals surface area contributed by atoms with Gasteiger partial charge in [-0.2, -0.15) is 0 Å². The van der Waals surface area contributed by atoms with Gasteiger partial charge < -0.3 is 0 Å². The summed E-state index contributed by atoms with van der Waals surface area (Å²) in [4.78, 5) is 14.3. The molecule has 1 saturated heterocycles. The Morgan fingerprint density at radius 1 is 0.704 bits per heavy atom. The van der Waals surface area contributed by atoms with Crippen molar-refractivity contribution in [1.29, 1.82) is 0 Å². The molecule has 3 aromatic rings. The fourth-order valence-corrected chi connectivity index (χ4v) is 3.45. The molecule has 0 spiro atoms.